The molecule has 36 heavy (non-hydrogen) atoms. The molecule has 0 saturated carbocycles. The fourth-order valence-corrected chi connectivity index (χ4v) is 4.26. The highest BCUT2D eigenvalue weighted by Crippen LogP contribution is 2.26. The van der Waals surface area contributed by atoms with Crippen molar-refractivity contribution in [2.75, 3.05) is 11.9 Å². The normalized spacial score (nSPS) is 11.0. The standard InChI is InChI=1S/C25H22F2N4O4S/c1-2-3-6-11-31-23(33)17-8-5-4-7-16(17)22(30-31)24(34)35-13-21(32)29-25-28-20(14-36-25)15-9-10-18(26)19(27)12-15/h4-5,7-10,12,14H,2-3,6,11,13H2,1H3,(H,28,29,32). The molecule has 0 atom stereocenters. The maximum atomic E-state index is 13.5. The number of carbonyl (C=O) groups is 2. The van der Waals surface area contributed by atoms with Crippen LogP contribution in [0.25, 0.3) is 22.0 Å². The number of benzene rings is 2. The number of rotatable bonds is 9. The van der Waals surface area contributed by atoms with Gasteiger partial charge in [0.25, 0.3) is 11.5 Å². The Kier molecular flexibility index (Phi) is 7.79. The molecule has 2 aromatic heterocycles. The van der Waals surface area contributed by atoms with Crippen LogP contribution in [0.3, 0.4) is 0 Å². The largest absolute Gasteiger partial charge is 0.451 e. The van der Waals surface area contributed by atoms with Crippen LogP contribution in [0.1, 0.15) is 36.7 Å². The van der Waals surface area contributed by atoms with E-state index in [4.69, 9.17) is 4.74 Å². The van der Waals surface area contributed by atoms with Gasteiger partial charge in [0.1, 0.15) is 0 Å². The molecule has 0 aliphatic heterocycles. The molecule has 0 radical (unpaired) electrons. The van der Waals surface area contributed by atoms with Gasteiger partial charge in [0, 0.05) is 22.9 Å². The molecule has 0 unspecified atom stereocenters. The summed E-state index contributed by atoms with van der Waals surface area (Å²) in [5, 5.41) is 9.18. The summed E-state index contributed by atoms with van der Waals surface area (Å²) >= 11 is 1.08. The molecule has 2 heterocycles. The van der Waals surface area contributed by atoms with E-state index in [0.29, 0.717) is 28.6 Å². The minimum absolute atomic E-state index is 0.0515. The van der Waals surface area contributed by atoms with Crippen molar-refractivity contribution in [1.29, 1.82) is 0 Å². The Labute approximate surface area is 208 Å². The van der Waals surface area contributed by atoms with E-state index < -0.39 is 30.1 Å². The Morgan fingerprint density at radius 3 is 2.61 bits per heavy atom. The number of nitrogens with one attached hydrogen (secondary N) is 1. The topological polar surface area (TPSA) is 103 Å². The predicted octanol–water partition coefficient (Wildman–Crippen LogP) is 4.78. The number of hydrogen-bond donors (Lipinski definition) is 1. The first-order valence-corrected chi connectivity index (χ1v) is 12.1. The number of unbranched alkanes of at least 4 members (excludes halogenated alkanes) is 2. The molecule has 186 valence electrons. The molecule has 2 aromatic carbocycles. The number of carbonyl (C=O) groups excluding carboxylic acids is 2. The second-order valence-electron chi connectivity index (χ2n) is 7.92. The minimum atomic E-state index is -1.00. The Balaban J connectivity index is 1.44. The number of anilines is 1. The van der Waals surface area contributed by atoms with Crippen molar-refractivity contribution < 1.29 is 23.1 Å². The third-order valence-electron chi connectivity index (χ3n) is 5.33. The summed E-state index contributed by atoms with van der Waals surface area (Å²) in [5.41, 5.74) is 0.359. The summed E-state index contributed by atoms with van der Waals surface area (Å²) in [6.07, 6.45) is 2.61. The third-order valence-corrected chi connectivity index (χ3v) is 6.09. The number of esters is 1. The van der Waals surface area contributed by atoms with E-state index in [1.54, 1.807) is 29.6 Å². The number of amides is 1. The molecule has 0 fully saturated rings. The van der Waals surface area contributed by atoms with Gasteiger partial charge in [0.2, 0.25) is 0 Å². The van der Waals surface area contributed by atoms with E-state index in [0.717, 1.165) is 42.7 Å². The van der Waals surface area contributed by atoms with Gasteiger partial charge in [-0.05, 0) is 30.7 Å². The monoisotopic (exact) mass is 512 g/mol. The van der Waals surface area contributed by atoms with Crippen LogP contribution >= 0.6 is 11.3 Å². The molecule has 1 N–H and O–H groups in total. The first-order valence-electron chi connectivity index (χ1n) is 11.2. The Bertz CT molecular complexity index is 1480. The number of thiazole rings is 1. The molecule has 4 rings (SSSR count). The fourth-order valence-electron chi connectivity index (χ4n) is 3.52. The van der Waals surface area contributed by atoms with Gasteiger partial charge in [-0.15, -0.1) is 11.3 Å². The van der Waals surface area contributed by atoms with E-state index >= 15 is 0 Å². The SMILES string of the molecule is CCCCCn1nc(C(=O)OCC(=O)Nc2nc(-c3ccc(F)c(F)c3)cs2)c2ccccc2c1=O. The molecular weight excluding hydrogens is 490 g/mol. The highest BCUT2D eigenvalue weighted by Gasteiger charge is 2.19. The molecule has 4 aromatic rings. The number of aryl methyl sites for hydroxylation is 1. The van der Waals surface area contributed by atoms with Gasteiger partial charge in [-0.2, -0.15) is 5.10 Å². The van der Waals surface area contributed by atoms with Crippen LogP contribution in [-0.2, 0) is 16.1 Å². The van der Waals surface area contributed by atoms with Gasteiger partial charge >= 0.3 is 5.97 Å². The third kappa shape index (κ3) is 5.62. The molecule has 11 heteroatoms. The van der Waals surface area contributed by atoms with Crippen LogP contribution in [0.15, 0.2) is 52.6 Å². The van der Waals surface area contributed by atoms with Crippen LogP contribution in [0.2, 0.25) is 0 Å². The summed E-state index contributed by atoms with van der Waals surface area (Å²) in [4.78, 5) is 42.1. The number of nitrogens with zero attached hydrogens (tertiary/aromatic N) is 3. The van der Waals surface area contributed by atoms with Crippen LogP contribution in [-0.4, -0.2) is 33.2 Å². The molecule has 0 spiro atoms. The molecule has 0 aliphatic carbocycles. The molecule has 0 saturated heterocycles. The first-order chi connectivity index (χ1) is 17.4. The zero-order valence-corrected chi connectivity index (χ0v) is 20.1. The fraction of sp³-hybridized carbons (Fsp3) is 0.240. The van der Waals surface area contributed by atoms with Gasteiger partial charge in [-0.25, -0.2) is 23.2 Å². The van der Waals surface area contributed by atoms with Crippen LogP contribution in [0.5, 0.6) is 0 Å². The van der Waals surface area contributed by atoms with Crippen molar-refractivity contribution in [3.05, 3.63) is 75.5 Å². The van der Waals surface area contributed by atoms with Crippen molar-refractivity contribution in [1.82, 2.24) is 14.8 Å². The van der Waals surface area contributed by atoms with Crippen molar-refractivity contribution in [3.63, 3.8) is 0 Å². The zero-order valence-electron chi connectivity index (χ0n) is 19.3. The van der Waals surface area contributed by atoms with Crippen LogP contribution in [0, 0.1) is 11.6 Å². The molecule has 0 aliphatic rings. The van der Waals surface area contributed by atoms with E-state index in [1.165, 1.54) is 10.7 Å². The molecule has 8 nitrogen and oxygen atoms in total. The van der Waals surface area contributed by atoms with E-state index in [1.807, 2.05) is 6.92 Å². The second-order valence-corrected chi connectivity index (χ2v) is 8.78. The van der Waals surface area contributed by atoms with E-state index in [9.17, 15) is 23.2 Å². The number of ether oxygens (including phenoxy) is 1. The zero-order chi connectivity index (χ0) is 25.7. The lowest BCUT2D eigenvalue weighted by atomic mass is 10.1. The van der Waals surface area contributed by atoms with Gasteiger partial charge in [-0.1, -0.05) is 38.0 Å². The number of halogens is 2. The van der Waals surface area contributed by atoms with Gasteiger partial charge < -0.3 is 4.74 Å². The maximum absolute atomic E-state index is 13.5. The smallest absolute Gasteiger partial charge is 0.359 e. The highest BCUT2D eigenvalue weighted by atomic mass is 32.1. The van der Waals surface area contributed by atoms with Crippen LogP contribution in [0.4, 0.5) is 13.9 Å². The quantitative estimate of drug-likeness (QED) is 0.256. The summed E-state index contributed by atoms with van der Waals surface area (Å²) in [6, 6.07) is 9.98. The number of fused-ring (bicyclic) bond motifs is 1. The summed E-state index contributed by atoms with van der Waals surface area (Å²) in [7, 11) is 0. The lowest BCUT2D eigenvalue weighted by molar-refractivity contribution is -0.119. The Hall–Kier alpha value is -3.99. The van der Waals surface area contributed by atoms with Crippen molar-refractivity contribution in [2.24, 2.45) is 0 Å². The van der Waals surface area contributed by atoms with E-state index in [-0.39, 0.29) is 16.4 Å². The Morgan fingerprint density at radius 1 is 1.08 bits per heavy atom. The average Bonchev–Trinajstić information content (AvgIpc) is 3.34. The second kappa shape index (κ2) is 11.2. The molecule has 1 amide bonds. The first kappa shape index (κ1) is 25.1. The highest BCUT2D eigenvalue weighted by molar-refractivity contribution is 7.14. The molecule has 0 bridgehead atoms. The molecular formula is C25H22F2N4O4S. The summed E-state index contributed by atoms with van der Waals surface area (Å²) in [6.45, 7) is 1.80. The predicted molar refractivity (Wildman–Crippen MR) is 132 cm³/mol. The summed E-state index contributed by atoms with van der Waals surface area (Å²) in [5.74, 6) is -3.46. The van der Waals surface area contributed by atoms with E-state index in [2.05, 4.69) is 15.4 Å². The van der Waals surface area contributed by atoms with Crippen molar-refractivity contribution in [3.8, 4) is 11.3 Å². The minimum Gasteiger partial charge on any atom is -0.451 e. The van der Waals surface area contributed by atoms with Crippen molar-refractivity contribution >= 4 is 39.1 Å². The number of aromatic nitrogens is 3. The average molecular weight is 513 g/mol. The summed E-state index contributed by atoms with van der Waals surface area (Å²) < 4.78 is 33.0. The van der Waals surface area contributed by atoms with Crippen LogP contribution < -0.4 is 10.9 Å². The van der Waals surface area contributed by atoms with Crippen molar-refractivity contribution in [2.45, 2.75) is 32.7 Å². The maximum Gasteiger partial charge on any atom is 0.359 e. The van der Waals surface area contributed by atoms with Gasteiger partial charge in [0.05, 0.1) is 11.1 Å². The van der Waals surface area contributed by atoms with Gasteiger partial charge in [0.15, 0.2) is 29.1 Å². The van der Waals surface area contributed by atoms with Gasteiger partial charge in [-0.3, -0.25) is 14.9 Å². The number of hydrogen-bond acceptors (Lipinski definition) is 7. The Morgan fingerprint density at radius 2 is 1.86 bits per heavy atom. The lowest BCUT2D eigenvalue weighted by Crippen LogP contribution is -2.28. The lowest BCUT2D eigenvalue weighted by Gasteiger charge is -2.10.